The van der Waals surface area contributed by atoms with Crippen molar-refractivity contribution in [1.82, 2.24) is 20.1 Å². The highest BCUT2D eigenvalue weighted by Crippen LogP contribution is 2.18. The summed E-state index contributed by atoms with van der Waals surface area (Å²) in [7, 11) is 0. The lowest BCUT2D eigenvalue weighted by atomic mass is 9.90. The van der Waals surface area contributed by atoms with Gasteiger partial charge in [-0.1, -0.05) is 20.8 Å². The first-order valence-electron chi connectivity index (χ1n) is 6.77. The van der Waals surface area contributed by atoms with E-state index in [1.165, 1.54) is 12.8 Å². The van der Waals surface area contributed by atoms with E-state index < -0.39 is 0 Å². The lowest BCUT2D eigenvalue weighted by Gasteiger charge is -2.29. The Labute approximate surface area is 104 Å². The van der Waals surface area contributed by atoms with Crippen LogP contribution in [0.4, 0.5) is 0 Å². The summed E-state index contributed by atoms with van der Waals surface area (Å²) in [6, 6.07) is 0.568. The second-order valence-electron chi connectivity index (χ2n) is 5.64. The smallest absolute Gasteiger partial charge is 0.138 e. The third kappa shape index (κ3) is 3.28. The van der Waals surface area contributed by atoms with Gasteiger partial charge in [0, 0.05) is 19.0 Å². The van der Waals surface area contributed by atoms with Gasteiger partial charge in [-0.15, -0.1) is 0 Å². The zero-order valence-corrected chi connectivity index (χ0v) is 11.2. The first kappa shape index (κ1) is 12.6. The van der Waals surface area contributed by atoms with Crippen molar-refractivity contribution in [1.29, 1.82) is 0 Å². The minimum absolute atomic E-state index is 0.568. The molecule has 0 aliphatic carbocycles. The van der Waals surface area contributed by atoms with Gasteiger partial charge in [0.05, 0.1) is 0 Å². The Morgan fingerprint density at radius 3 is 3.06 bits per heavy atom. The van der Waals surface area contributed by atoms with Gasteiger partial charge in [0.2, 0.25) is 0 Å². The van der Waals surface area contributed by atoms with Crippen molar-refractivity contribution in [2.45, 2.75) is 52.6 Å². The molecule has 0 amide bonds. The molecule has 2 heterocycles. The van der Waals surface area contributed by atoms with E-state index in [9.17, 15) is 0 Å². The Morgan fingerprint density at radius 2 is 2.35 bits per heavy atom. The van der Waals surface area contributed by atoms with Crippen molar-refractivity contribution < 1.29 is 0 Å². The summed E-state index contributed by atoms with van der Waals surface area (Å²) in [6.45, 7) is 8.88. The fourth-order valence-corrected chi connectivity index (χ4v) is 2.53. The number of rotatable bonds is 4. The first-order chi connectivity index (χ1) is 8.16. The van der Waals surface area contributed by atoms with Gasteiger partial charge in [-0.05, 0) is 31.2 Å². The number of nitrogens with one attached hydrogen (secondary N) is 1. The van der Waals surface area contributed by atoms with Crippen LogP contribution in [0.2, 0.25) is 0 Å². The summed E-state index contributed by atoms with van der Waals surface area (Å²) in [5, 5.41) is 7.93. The molecule has 2 unspecified atom stereocenters. The van der Waals surface area contributed by atoms with Crippen molar-refractivity contribution in [3.05, 3.63) is 12.2 Å². The minimum atomic E-state index is 0.568. The Bertz CT molecular complexity index is 345. The van der Waals surface area contributed by atoms with Crippen LogP contribution in [-0.2, 0) is 13.0 Å². The number of hydrogen-bond acceptors (Lipinski definition) is 3. The summed E-state index contributed by atoms with van der Waals surface area (Å²) >= 11 is 0. The van der Waals surface area contributed by atoms with Crippen LogP contribution in [0.3, 0.4) is 0 Å². The quantitative estimate of drug-likeness (QED) is 0.868. The van der Waals surface area contributed by atoms with E-state index in [2.05, 4.69) is 40.9 Å². The van der Waals surface area contributed by atoms with E-state index in [0.717, 1.165) is 31.3 Å². The van der Waals surface area contributed by atoms with Crippen LogP contribution in [0.25, 0.3) is 0 Å². The van der Waals surface area contributed by atoms with Crippen LogP contribution in [0, 0.1) is 11.8 Å². The van der Waals surface area contributed by atoms with Crippen molar-refractivity contribution >= 4 is 0 Å². The van der Waals surface area contributed by atoms with Gasteiger partial charge in [0.1, 0.15) is 12.2 Å². The normalized spacial score (nSPS) is 25.4. The molecule has 0 aromatic carbocycles. The molecule has 2 atom stereocenters. The summed E-state index contributed by atoms with van der Waals surface area (Å²) < 4.78 is 2.06. The zero-order valence-electron chi connectivity index (χ0n) is 11.2. The van der Waals surface area contributed by atoms with Crippen LogP contribution >= 0.6 is 0 Å². The van der Waals surface area contributed by atoms with E-state index in [1.807, 2.05) is 0 Å². The lowest BCUT2D eigenvalue weighted by molar-refractivity contribution is 0.290. The van der Waals surface area contributed by atoms with Gasteiger partial charge in [-0.2, -0.15) is 5.10 Å². The maximum absolute atomic E-state index is 4.41. The first-order valence-corrected chi connectivity index (χ1v) is 6.77. The third-order valence-electron chi connectivity index (χ3n) is 3.57. The van der Waals surface area contributed by atoms with Crippen molar-refractivity contribution in [2.24, 2.45) is 11.8 Å². The molecule has 0 radical (unpaired) electrons. The van der Waals surface area contributed by atoms with E-state index >= 15 is 0 Å². The Hall–Kier alpha value is -0.900. The molecule has 17 heavy (non-hydrogen) atoms. The van der Waals surface area contributed by atoms with Crippen molar-refractivity contribution in [2.75, 3.05) is 6.54 Å². The number of nitrogens with zero attached hydrogens (tertiary/aromatic N) is 3. The highest BCUT2D eigenvalue weighted by atomic mass is 15.3. The van der Waals surface area contributed by atoms with Gasteiger partial charge < -0.3 is 5.32 Å². The summed E-state index contributed by atoms with van der Waals surface area (Å²) in [5.74, 6) is 2.49. The fraction of sp³-hybridized carbons (Fsp3) is 0.846. The van der Waals surface area contributed by atoms with Crippen LogP contribution in [0.15, 0.2) is 6.33 Å². The highest BCUT2D eigenvalue weighted by molar-refractivity contribution is 4.93. The number of aromatic nitrogens is 3. The monoisotopic (exact) mass is 236 g/mol. The molecule has 1 aliphatic rings. The second-order valence-corrected chi connectivity index (χ2v) is 5.64. The van der Waals surface area contributed by atoms with E-state index in [4.69, 9.17) is 0 Å². The molecule has 1 saturated heterocycles. The molecule has 4 heteroatoms. The zero-order chi connectivity index (χ0) is 12.3. The Balaban J connectivity index is 1.99. The maximum atomic E-state index is 4.41. The lowest BCUT2D eigenvalue weighted by Crippen LogP contribution is -2.42. The molecule has 0 saturated carbocycles. The summed E-state index contributed by atoms with van der Waals surface area (Å²) in [6.07, 6.45) is 5.32. The van der Waals surface area contributed by atoms with Crippen LogP contribution in [0.5, 0.6) is 0 Å². The van der Waals surface area contributed by atoms with Crippen LogP contribution in [0.1, 0.15) is 39.4 Å². The molecule has 1 N–H and O–H groups in total. The molecule has 1 aromatic rings. The predicted octanol–water partition coefficient (Wildman–Crippen LogP) is 1.86. The maximum Gasteiger partial charge on any atom is 0.138 e. The number of piperidine rings is 1. The minimum Gasteiger partial charge on any atom is -0.313 e. The van der Waals surface area contributed by atoms with Crippen LogP contribution in [-0.4, -0.2) is 27.4 Å². The van der Waals surface area contributed by atoms with Gasteiger partial charge in [-0.3, -0.25) is 0 Å². The Kier molecular flexibility index (Phi) is 4.15. The standard InChI is InChI=1S/C13H24N4/c1-10(2)8-17-13(15-9-16-17)7-12-11(3)5-4-6-14-12/h9-12,14H,4-8H2,1-3H3. The van der Waals surface area contributed by atoms with Crippen molar-refractivity contribution in [3.8, 4) is 0 Å². The van der Waals surface area contributed by atoms with E-state index in [0.29, 0.717) is 12.0 Å². The Morgan fingerprint density at radius 1 is 1.53 bits per heavy atom. The third-order valence-corrected chi connectivity index (χ3v) is 3.57. The molecule has 2 rings (SSSR count). The fourth-order valence-electron chi connectivity index (χ4n) is 2.53. The highest BCUT2D eigenvalue weighted by Gasteiger charge is 2.22. The summed E-state index contributed by atoms with van der Waals surface area (Å²) in [4.78, 5) is 4.41. The molecule has 4 nitrogen and oxygen atoms in total. The molecular weight excluding hydrogens is 212 g/mol. The van der Waals surface area contributed by atoms with Gasteiger partial charge in [-0.25, -0.2) is 9.67 Å². The van der Waals surface area contributed by atoms with E-state index in [-0.39, 0.29) is 0 Å². The summed E-state index contributed by atoms with van der Waals surface area (Å²) in [5.41, 5.74) is 0. The SMILES string of the molecule is CC(C)Cn1ncnc1CC1NCCCC1C. The van der Waals surface area contributed by atoms with E-state index in [1.54, 1.807) is 6.33 Å². The topological polar surface area (TPSA) is 42.7 Å². The molecule has 0 bridgehead atoms. The molecule has 1 aliphatic heterocycles. The molecular formula is C13H24N4. The molecule has 96 valence electrons. The average molecular weight is 236 g/mol. The predicted molar refractivity (Wildman–Crippen MR) is 68.8 cm³/mol. The van der Waals surface area contributed by atoms with Crippen LogP contribution < -0.4 is 5.32 Å². The number of hydrogen-bond donors (Lipinski definition) is 1. The molecule has 1 fully saturated rings. The van der Waals surface area contributed by atoms with Gasteiger partial charge >= 0.3 is 0 Å². The molecule has 0 spiro atoms. The van der Waals surface area contributed by atoms with Gasteiger partial charge in [0.25, 0.3) is 0 Å². The molecule has 1 aromatic heterocycles. The average Bonchev–Trinajstić information content (AvgIpc) is 2.68. The largest absolute Gasteiger partial charge is 0.313 e. The van der Waals surface area contributed by atoms with Crippen molar-refractivity contribution in [3.63, 3.8) is 0 Å². The second kappa shape index (κ2) is 5.63. The van der Waals surface area contributed by atoms with Gasteiger partial charge in [0.15, 0.2) is 0 Å².